The zero-order valence-corrected chi connectivity index (χ0v) is 10.9. The van der Waals surface area contributed by atoms with E-state index in [2.05, 4.69) is 22.0 Å². The molecule has 1 N–H and O–H groups in total. The summed E-state index contributed by atoms with van der Waals surface area (Å²) in [4.78, 5) is 4.30. The van der Waals surface area contributed by atoms with Crippen molar-refractivity contribution in [3.05, 3.63) is 48.6 Å². The maximum atomic E-state index is 5.81. The summed E-state index contributed by atoms with van der Waals surface area (Å²) in [6, 6.07) is 7.52. The minimum atomic E-state index is -0.346. The molecular weight excluding hydrogens is 258 g/mol. The second kappa shape index (κ2) is 5.75. The average molecular weight is 273 g/mol. The van der Waals surface area contributed by atoms with Crippen molar-refractivity contribution in [3.63, 3.8) is 0 Å². The van der Waals surface area contributed by atoms with Crippen molar-refractivity contribution in [3.8, 4) is 11.5 Å². The highest BCUT2D eigenvalue weighted by Gasteiger charge is 2.26. The predicted octanol–water partition coefficient (Wildman–Crippen LogP) is 1.86. The summed E-state index contributed by atoms with van der Waals surface area (Å²) < 4.78 is 16.6. The van der Waals surface area contributed by atoms with Gasteiger partial charge in [-0.15, -0.1) is 6.58 Å². The monoisotopic (exact) mass is 273 g/mol. The molecule has 3 rings (SSSR count). The first-order valence-corrected chi connectivity index (χ1v) is 6.39. The van der Waals surface area contributed by atoms with E-state index >= 15 is 0 Å². The van der Waals surface area contributed by atoms with Crippen LogP contribution in [0.3, 0.4) is 0 Å². The Morgan fingerprint density at radius 2 is 2.20 bits per heavy atom. The summed E-state index contributed by atoms with van der Waals surface area (Å²) in [5, 5.41) is 7.03. The van der Waals surface area contributed by atoms with E-state index in [0.29, 0.717) is 37.2 Å². The summed E-state index contributed by atoms with van der Waals surface area (Å²) in [6.45, 7) is 5.19. The third kappa shape index (κ3) is 2.65. The van der Waals surface area contributed by atoms with Crippen molar-refractivity contribution >= 4 is 0 Å². The quantitative estimate of drug-likeness (QED) is 0.662. The highest BCUT2D eigenvalue weighted by atomic mass is 16.6. The highest BCUT2D eigenvalue weighted by Crippen LogP contribution is 2.34. The van der Waals surface area contributed by atoms with Crippen LogP contribution in [0.5, 0.6) is 11.5 Å². The minimum Gasteiger partial charge on any atom is -0.485 e. The molecule has 1 aromatic carbocycles. The van der Waals surface area contributed by atoms with Crippen LogP contribution >= 0.6 is 0 Å². The van der Waals surface area contributed by atoms with Crippen LogP contribution in [0, 0.1) is 0 Å². The zero-order chi connectivity index (χ0) is 13.8. The van der Waals surface area contributed by atoms with Gasteiger partial charge in [0.05, 0.1) is 6.54 Å². The molecule has 0 aliphatic carbocycles. The van der Waals surface area contributed by atoms with Gasteiger partial charge in [-0.05, 0) is 12.1 Å². The number of nitrogens with zero attached hydrogens (tertiary/aromatic N) is 2. The normalized spacial score (nSPS) is 16.9. The van der Waals surface area contributed by atoms with Crippen molar-refractivity contribution in [1.29, 1.82) is 0 Å². The van der Waals surface area contributed by atoms with E-state index in [1.807, 2.05) is 24.3 Å². The first-order valence-electron chi connectivity index (χ1n) is 6.39. The van der Waals surface area contributed by atoms with Crippen molar-refractivity contribution < 1.29 is 14.0 Å². The van der Waals surface area contributed by atoms with Crippen LogP contribution in [0.15, 0.2) is 41.4 Å². The van der Waals surface area contributed by atoms with Crippen LogP contribution in [-0.4, -0.2) is 23.3 Å². The molecule has 1 atom stereocenters. The van der Waals surface area contributed by atoms with Crippen LogP contribution in [0.2, 0.25) is 0 Å². The predicted molar refractivity (Wildman–Crippen MR) is 71.5 cm³/mol. The molecule has 2 heterocycles. The van der Waals surface area contributed by atoms with Gasteiger partial charge in [0, 0.05) is 6.54 Å². The molecule has 0 radical (unpaired) electrons. The zero-order valence-electron chi connectivity index (χ0n) is 10.9. The number of ether oxygens (including phenoxy) is 2. The highest BCUT2D eigenvalue weighted by molar-refractivity contribution is 5.40. The van der Waals surface area contributed by atoms with Gasteiger partial charge in [0.1, 0.15) is 6.61 Å². The molecule has 6 heteroatoms. The second-order valence-corrected chi connectivity index (χ2v) is 4.33. The Labute approximate surface area is 116 Å². The molecule has 0 amide bonds. The molecule has 20 heavy (non-hydrogen) atoms. The van der Waals surface area contributed by atoms with Gasteiger partial charge >= 0.3 is 0 Å². The van der Waals surface area contributed by atoms with Crippen LogP contribution < -0.4 is 14.8 Å². The summed E-state index contributed by atoms with van der Waals surface area (Å²) >= 11 is 0. The van der Waals surface area contributed by atoms with Gasteiger partial charge < -0.3 is 19.3 Å². The maximum absolute atomic E-state index is 5.81. The number of hydrogen-bond donors (Lipinski definition) is 1. The lowest BCUT2D eigenvalue weighted by atomic mass is 10.2. The number of benzene rings is 1. The number of para-hydroxylation sites is 2. The Kier molecular flexibility index (Phi) is 3.64. The maximum Gasteiger partial charge on any atom is 0.240 e. The molecular formula is C14H15N3O3. The molecule has 104 valence electrons. The first kappa shape index (κ1) is 12.7. The number of nitrogens with one attached hydrogen (secondary N) is 1. The van der Waals surface area contributed by atoms with Crippen molar-refractivity contribution in [2.75, 3.05) is 13.2 Å². The van der Waals surface area contributed by atoms with Crippen molar-refractivity contribution in [2.45, 2.75) is 12.6 Å². The number of rotatable bonds is 5. The molecule has 0 spiro atoms. The molecule has 2 aromatic rings. The van der Waals surface area contributed by atoms with Crippen LogP contribution in [-0.2, 0) is 6.54 Å². The van der Waals surface area contributed by atoms with E-state index in [1.165, 1.54) is 0 Å². The molecule has 1 unspecified atom stereocenters. The Bertz CT molecular complexity index is 597. The van der Waals surface area contributed by atoms with Crippen molar-refractivity contribution in [1.82, 2.24) is 15.5 Å². The number of fused-ring (bicyclic) bond motifs is 1. The lowest BCUT2D eigenvalue weighted by Crippen LogP contribution is -2.22. The van der Waals surface area contributed by atoms with Crippen LogP contribution in [0.1, 0.15) is 17.8 Å². The van der Waals surface area contributed by atoms with E-state index in [1.54, 1.807) is 6.08 Å². The lowest BCUT2D eigenvalue weighted by Gasteiger charge is -2.24. The fraction of sp³-hybridized carbons (Fsp3) is 0.286. The SMILES string of the molecule is C=CCNCc1nc(C2COc3ccccc3O2)no1. The van der Waals surface area contributed by atoms with Gasteiger partial charge in [0.2, 0.25) is 11.7 Å². The van der Waals surface area contributed by atoms with E-state index in [-0.39, 0.29) is 6.10 Å². The summed E-state index contributed by atoms with van der Waals surface area (Å²) in [6.07, 6.45) is 1.42. The number of aromatic nitrogens is 2. The van der Waals surface area contributed by atoms with Gasteiger partial charge in [-0.2, -0.15) is 4.98 Å². The van der Waals surface area contributed by atoms with E-state index in [0.717, 1.165) is 5.75 Å². The molecule has 1 aliphatic rings. The van der Waals surface area contributed by atoms with Crippen LogP contribution in [0.4, 0.5) is 0 Å². The number of hydrogen-bond acceptors (Lipinski definition) is 6. The van der Waals surface area contributed by atoms with Gasteiger partial charge in [0.15, 0.2) is 17.6 Å². The smallest absolute Gasteiger partial charge is 0.240 e. The van der Waals surface area contributed by atoms with Gasteiger partial charge in [-0.3, -0.25) is 0 Å². The van der Waals surface area contributed by atoms with Crippen molar-refractivity contribution in [2.24, 2.45) is 0 Å². The minimum absolute atomic E-state index is 0.346. The van der Waals surface area contributed by atoms with E-state index in [9.17, 15) is 0 Å². The Balaban J connectivity index is 1.67. The third-order valence-corrected chi connectivity index (χ3v) is 2.85. The Hall–Kier alpha value is -2.34. The molecule has 0 saturated heterocycles. The fourth-order valence-electron chi connectivity index (χ4n) is 1.90. The van der Waals surface area contributed by atoms with Gasteiger partial charge in [-0.1, -0.05) is 23.4 Å². The Morgan fingerprint density at radius 1 is 1.35 bits per heavy atom. The van der Waals surface area contributed by atoms with E-state index < -0.39 is 0 Å². The van der Waals surface area contributed by atoms with E-state index in [4.69, 9.17) is 14.0 Å². The largest absolute Gasteiger partial charge is 0.485 e. The molecule has 0 saturated carbocycles. The molecule has 0 bridgehead atoms. The summed E-state index contributed by atoms with van der Waals surface area (Å²) in [5.41, 5.74) is 0. The third-order valence-electron chi connectivity index (χ3n) is 2.85. The molecule has 1 aromatic heterocycles. The second-order valence-electron chi connectivity index (χ2n) is 4.33. The Morgan fingerprint density at radius 3 is 3.05 bits per heavy atom. The fourth-order valence-corrected chi connectivity index (χ4v) is 1.90. The lowest BCUT2D eigenvalue weighted by molar-refractivity contribution is 0.0832. The topological polar surface area (TPSA) is 69.4 Å². The van der Waals surface area contributed by atoms with Gasteiger partial charge in [-0.25, -0.2) is 0 Å². The first-order chi connectivity index (χ1) is 9.86. The molecule has 0 fully saturated rings. The van der Waals surface area contributed by atoms with Crippen LogP contribution in [0.25, 0.3) is 0 Å². The van der Waals surface area contributed by atoms with Gasteiger partial charge in [0.25, 0.3) is 0 Å². The molecule has 6 nitrogen and oxygen atoms in total. The average Bonchev–Trinajstić information content (AvgIpc) is 2.96. The molecule has 1 aliphatic heterocycles. The summed E-state index contributed by atoms with van der Waals surface area (Å²) in [5.74, 6) is 2.44. The standard InChI is InChI=1S/C14H15N3O3/c1-2-7-15-8-13-16-14(17-20-13)12-9-18-10-5-3-4-6-11(10)19-12/h2-6,12,15H,1,7-9H2. The summed E-state index contributed by atoms with van der Waals surface area (Å²) in [7, 11) is 0.